The van der Waals surface area contributed by atoms with E-state index in [0.29, 0.717) is 24.3 Å². The van der Waals surface area contributed by atoms with Gasteiger partial charge in [0.25, 0.3) is 11.8 Å². The quantitative estimate of drug-likeness (QED) is 0.217. The highest BCUT2D eigenvalue weighted by atomic mass is 19.4. The number of allylic oxidation sites excluding steroid dienone is 3. The molecule has 0 saturated heterocycles. The molecule has 9 heteroatoms. The molecule has 45 heavy (non-hydrogen) atoms. The molecular weight excluding hydrogens is 579 g/mol. The molecule has 1 fully saturated rings. The van der Waals surface area contributed by atoms with Crippen LogP contribution in [0.15, 0.2) is 101 Å². The minimum absolute atomic E-state index is 0.0554. The third-order valence-corrected chi connectivity index (χ3v) is 9.00. The molecule has 0 bridgehead atoms. The van der Waals surface area contributed by atoms with Crippen LogP contribution >= 0.6 is 0 Å². The van der Waals surface area contributed by atoms with Crippen LogP contribution in [0.3, 0.4) is 0 Å². The fraction of sp³-hybridized carbons (Fsp3) is 0.306. The molecule has 3 aromatic rings. The van der Waals surface area contributed by atoms with Crippen LogP contribution in [0.25, 0.3) is 10.8 Å². The maximum Gasteiger partial charge on any atom is 0.418 e. The van der Waals surface area contributed by atoms with Gasteiger partial charge in [0.05, 0.1) is 11.1 Å². The first-order valence-electron chi connectivity index (χ1n) is 15.0. The number of alkyl halides is 3. The van der Waals surface area contributed by atoms with Gasteiger partial charge in [-0.3, -0.25) is 14.5 Å². The van der Waals surface area contributed by atoms with Crippen molar-refractivity contribution in [2.24, 2.45) is 0 Å². The molecular formula is C36H32F3N3O3. The van der Waals surface area contributed by atoms with E-state index >= 15 is 0 Å². The van der Waals surface area contributed by atoms with Gasteiger partial charge in [-0.15, -0.1) is 0 Å². The van der Waals surface area contributed by atoms with Crippen molar-refractivity contribution in [2.45, 2.75) is 63.6 Å². The number of rotatable bonds is 5. The molecule has 0 N–H and O–H groups in total. The Morgan fingerprint density at radius 2 is 1.62 bits per heavy atom. The van der Waals surface area contributed by atoms with Crippen LogP contribution in [0.2, 0.25) is 0 Å². The van der Waals surface area contributed by atoms with Crippen LogP contribution in [-0.2, 0) is 15.0 Å². The Balaban J connectivity index is 1.52. The summed E-state index contributed by atoms with van der Waals surface area (Å²) in [5.41, 5.74) is -1.57. The maximum absolute atomic E-state index is 14.5. The highest BCUT2D eigenvalue weighted by molar-refractivity contribution is 6.19. The maximum atomic E-state index is 14.5. The van der Waals surface area contributed by atoms with Crippen molar-refractivity contribution in [3.63, 3.8) is 0 Å². The number of fused-ring (bicyclic) bond motifs is 3. The highest BCUT2D eigenvalue weighted by Gasteiger charge is 2.50. The van der Waals surface area contributed by atoms with Gasteiger partial charge >= 0.3 is 6.18 Å². The number of halogens is 3. The summed E-state index contributed by atoms with van der Waals surface area (Å²) in [6.45, 7) is 4.01. The normalized spacial score (nSPS) is 20.7. The number of imide groups is 1. The zero-order valence-electron chi connectivity index (χ0n) is 25.0. The van der Waals surface area contributed by atoms with Gasteiger partial charge in [-0.25, -0.2) is 0 Å². The summed E-state index contributed by atoms with van der Waals surface area (Å²) < 4.78 is 49.8. The number of carbonyl (C=O) groups excluding carboxylic acids is 2. The van der Waals surface area contributed by atoms with Gasteiger partial charge in [0.2, 0.25) is 0 Å². The molecule has 3 aliphatic rings. The van der Waals surface area contributed by atoms with E-state index in [1.807, 2.05) is 85.5 Å². The number of amides is 2. The molecule has 1 aliphatic carbocycles. The molecule has 2 amide bonds. The smallest absolute Gasteiger partial charge is 0.418 e. The third kappa shape index (κ3) is 5.28. The molecule has 0 aromatic heterocycles. The first-order chi connectivity index (χ1) is 21.5. The zero-order chi connectivity index (χ0) is 31.9. The van der Waals surface area contributed by atoms with Crippen molar-refractivity contribution in [2.75, 3.05) is 11.6 Å². The van der Waals surface area contributed by atoms with E-state index in [4.69, 9.17) is 4.74 Å². The van der Waals surface area contributed by atoms with Gasteiger partial charge < -0.3 is 9.64 Å². The predicted molar refractivity (Wildman–Crippen MR) is 165 cm³/mol. The summed E-state index contributed by atoms with van der Waals surface area (Å²) in [4.78, 5) is 29.8. The predicted octanol–water partition coefficient (Wildman–Crippen LogP) is 7.87. The Labute approximate surface area is 259 Å². The molecule has 0 unspecified atom stereocenters. The van der Waals surface area contributed by atoms with Crippen molar-refractivity contribution in [3.8, 4) is 11.8 Å². The summed E-state index contributed by atoms with van der Waals surface area (Å²) in [6.07, 6.45) is 0.940. The number of para-hydroxylation sites is 1. The third-order valence-electron chi connectivity index (χ3n) is 9.00. The van der Waals surface area contributed by atoms with Crippen LogP contribution in [-0.4, -0.2) is 35.7 Å². The average Bonchev–Trinajstić information content (AvgIpc) is 3.25. The van der Waals surface area contributed by atoms with Gasteiger partial charge in [0, 0.05) is 22.8 Å². The Bertz CT molecular complexity index is 1810. The molecule has 0 radical (unpaired) electrons. The van der Waals surface area contributed by atoms with Crippen LogP contribution in [0, 0.1) is 11.3 Å². The van der Waals surface area contributed by atoms with E-state index in [0.717, 1.165) is 52.3 Å². The number of nitriles is 1. The SMILES string of the molecule is CC1(C)/C(=C\C=C2/C(=O)N(C3CCCCC3)C(=O)C(C#N)=C2C(F)(F)F)N(COc2ccccc2)c2ccc3ccccc3c21. The number of hydrogen-bond acceptors (Lipinski definition) is 5. The highest BCUT2D eigenvalue weighted by Crippen LogP contribution is 2.51. The first kappa shape index (κ1) is 30.2. The summed E-state index contributed by atoms with van der Waals surface area (Å²) in [7, 11) is 0. The van der Waals surface area contributed by atoms with Crippen LogP contribution in [0.4, 0.5) is 18.9 Å². The number of nitrogens with zero attached hydrogens (tertiary/aromatic N) is 3. The van der Waals surface area contributed by atoms with Crippen molar-refractivity contribution in [3.05, 3.63) is 107 Å². The van der Waals surface area contributed by atoms with Gasteiger partial charge in [-0.1, -0.05) is 81.6 Å². The minimum Gasteiger partial charge on any atom is -0.473 e. The first-order valence-corrected chi connectivity index (χ1v) is 15.0. The van der Waals surface area contributed by atoms with Gasteiger partial charge in [0.15, 0.2) is 6.73 Å². The second-order valence-electron chi connectivity index (χ2n) is 12.1. The monoisotopic (exact) mass is 611 g/mol. The van der Waals surface area contributed by atoms with Gasteiger partial charge in [-0.2, -0.15) is 18.4 Å². The summed E-state index contributed by atoms with van der Waals surface area (Å²) in [5.74, 6) is -1.59. The van der Waals surface area contributed by atoms with E-state index in [1.165, 1.54) is 12.1 Å². The second-order valence-corrected chi connectivity index (χ2v) is 12.1. The van der Waals surface area contributed by atoms with Crippen molar-refractivity contribution < 1.29 is 27.5 Å². The number of anilines is 1. The minimum atomic E-state index is -5.10. The molecule has 2 heterocycles. The Morgan fingerprint density at radius 1 is 0.933 bits per heavy atom. The lowest BCUT2D eigenvalue weighted by atomic mass is 9.81. The zero-order valence-corrected chi connectivity index (χ0v) is 25.0. The molecule has 0 atom stereocenters. The Kier molecular flexibility index (Phi) is 7.77. The lowest BCUT2D eigenvalue weighted by molar-refractivity contribution is -0.146. The van der Waals surface area contributed by atoms with Crippen LogP contribution in [0.1, 0.15) is 51.5 Å². The lowest BCUT2D eigenvalue weighted by Crippen LogP contribution is -2.51. The fourth-order valence-electron chi connectivity index (χ4n) is 6.91. The van der Waals surface area contributed by atoms with Crippen LogP contribution < -0.4 is 9.64 Å². The van der Waals surface area contributed by atoms with Crippen LogP contribution in [0.5, 0.6) is 5.75 Å². The molecule has 1 saturated carbocycles. The van der Waals surface area contributed by atoms with Gasteiger partial charge in [0.1, 0.15) is 17.4 Å². The summed E-state index contributed by atoms with van der Waals surface area (Å²) >= 11 is 0. The number of benzene rings is 3. The second kappa shape index (κ2) is 11.6. The molecule has 6 rings (SSSR count). The Hall–Kier alpha value is -4.84. The van der Waals surface area contributed by atoms with Gasteiger partial charge in [-0.05, 0) is 59.5 Å². The van der Waals surface area contributed by atoms with E-state index in [9.17, 15) is 28.0 Å². The standard InChI is InChI=1S/C36H32F3N3O3/c1-35(2)30(41(22-45-25-14-7-4-8-15-25)29-19-17-23-11-9-10-16-26(23)32(29)35)20-18-27-31(36(37,38)39)28(21-40)34(44)42(33(27)43)24-12-5-3-6-13-24/h4,7-11,14-20,24H,3,5-6,12-13,22H2,1-2H3/b27-18-,30-20+. The Morgan fingerprint density at radius 3 is 2.31 bits per heavy atom. The fourth-order valence-corrected chi connectivity index (χ4v) is 6.91. The number of ether oxygens (including phenoxy) is 1. The number of hydrogen-bond donors (Lipinski definition) is 0. The topological polar surface area (TPSA) is 73.6 Å². The number of carbonyl (C=O) groups is 2. The molecule has 230 valence electrons. The van der Waals surface area contributed by atoms with Crippen molar-refractivity contribution in [1.29, 1.82) is 5.26 Å². The van der Waals surface area contributed by atoms with E-state index in [1.54, 1.807) is 0 Å². The van der Waals surface area contributed by atoms with E-state index in [2.05, 4.69) is 0 Å². The van der Waals surface area contributed by atoms with Crippen molar-refractivity contribution in [1.82, 2.24) is 4.90 Å². The molecule has 6 nitrogen and oxygen atoms in total. The molecule has 2 aliphatic heterocycles. The van der Waals surface area contributed by atoms with E-state index < -0.39 is 46.2 Å². The largest absolute Gasteiger partial charge is 0.473 e. The molecule has 3 aromatic carbocycles. The van der Waals surface area contributed by atoms with E-state index in [-0.39, 0.29) is 6.73 Å². The van der Waals surface area contributed by atoms with Crippen molar-refractivity contribution >= 4 is 28.3 Å². The average molecular weight is 612 g/mol. The lowest BCUT2D eigenvalue weighted by Gasteiger charge is -2.36. The molecule has 0 spiro atoms. The summed E-state index contributed by atoms with van der Waals surface area (Å²) in [6, 6.07) is 22.0. The summed E-state index contributed by atoms with van der Waals surface area (Å²) in [5, 5.41) is 11.8.